The van der Waals surface area contributed by atoms with Crippen LogP contribution in [-0.4, -0.2) is 32.8 Å². The summed E-state index contributed by atoms with van der Waals surface area (Å²) in [5.74, 6) is 0. The Kier molecular flexibility index (Phi) is 3.27. The van der Waals surface area contributed by atoms with Crippen molar-refractivity contribution in [3.8, 4) is 0 Å². The van der Waals surface area contributed by atoms with Crippen LogP contribution < -0.4 is 10.6 Å². The number of ether oxygens (including phenoxy) is 1. The number of morpholine rings is 1. The molecule has 1 aliphatic heterocycles. The number of hydrogen-bond acceptors (Lipinski definition) is 3. The van der Waals surface area contributed by atoms with E-state index in [0.29, 0.717) is 0 Å². The van der Waals surface area contributed by atoms with E-state index in [0.717, 1.165) is 32.8 Å². The summed E-state index contributed by atoms with van der Waals surface area (Å²) in [4.78, 5) is 2.39. The quantitative estimate of drug-likeness (QED) is 0.885. The molecule has 0 amide bonds. The van der Waals surface area contributed by atoms with E-state index in [9.17, 15) is 0 Å². The second-order valence-electron chi connectivity index (χ2n) is 5.48. The van der Waals surface area contributed by atoms with Crippen LogP contribution in [0.5, 0.6) is 0 Å². The van der Waals surface area contributed by atoms with Gasteiger partial charge in [0.2, 0.25) is 0 Å². The zero-order chi connectivity index (χ0) is 12.4. The highest BCUT2D eigenvalue weighted by Gasteiger charge is 2.37. The predicted molar refractivity (Wildman–Crippen MR) is 74.1 cm³/mol. The molecule has 3 rings (SSSR count). The van der Waals surface area contributed by atoms with Crippen LogP contribution in [0.25, 0.3) is 0 Å². The minimum atomic E-state index is 0.281. The maximum absolute atomic E-state index is 5.95. The highest BCUT2D eigenvalue weighted by Crippen LogP contribution is 2.43. The molecule has 0 spiro atoms. The maximum atomic E-state index is 5.95. The van der Waals surface area contributed by atoms with Crippen LogP contribution in [0.3, 0.4) is 0 Å². The van der Waals surface area contributed by atoms with E-state index in [1.807, 2.05) is 0 Å². The molecule has 1 aliphatic carbocycles. The molecule has 0 atom stereocenters. The van der Waals surface area contributed by atoms with E-state index in [1.165, 1.54) is 30.5 Å². The lowest BCUT2D eigenvalue weighted by atomic mass is 9.64. The van der Waals surface area contributed by atoms with Gasteiger partial charge in [0.15, 0.2) is 0 Å². The predicted octanol–water partition coefficient (Wildman–Crippen LogP) is 1.90. The van der Waals surface area contributed by atoms with Crippen molar-refractivity contribution in [3.63, 3.8) is 0 Å². The zero-order valence-corrected chi connectivity index (χ0v) is 10.9. The largest absolute Gasteiger partial charge is 0.378 e. The molecule has 0 unspecified atom stereocenters. The summed E-state index contributed by atoms with van der Waals surface area (Å²) in [5, 5.41) is 0. The average molecular weight is 246 g/mol. The number of benzene rings is 1. The van der Waals surface area contributed by atoms with Crippen molar-refractivity contribution in [2.24, 2.45) is 5.73 Å². The van der Waals surface area contributed by atoms with Crippen molar-refractivity contribution in [1.82, 2.24) is 0 Å². The van der Waals surface area contributed by atoms with Crippen LogP contribution in [0.4, 0.5) is 5.69 Å². The van der Waals surface area contributed by atoms with Crippen LogP contribution in [-0.2, 0) is 10.2 Å². The van der Waals surface area contributed by atoms with E-state index in [-0.39, 0.29) is 5.41 Å². The van der Waals surface area contributed by atoms with Crippen molar-refractivity contribution in [2.75, 3.05) is 37.7 Å². The van der Waals surface area contributed by atoms with Crippen molar-refractivity contribution < 1.29 is 4.74 Å². The molecule has 3 nitrogen and oxygen atoms in total. The van der Waals surface area contributed by atoms with Gasteiger partial charge in [0.05, 0.1) is 13.2 Å². The molecule has 2 aliphatic rings. The standard InChI is InChI=1S/C15H22N2O/c16-12-15(6-1-7-15)13-2-4-14(5-3-13)17-8-10-18-11-9-17/h2-5H,1,6-12,16H2. The third-order valence-electron chi connectivity index (χ3n) is 4.56. The molecule has 2 N–H and O–H groups in total. The Bertz CT molecular complexity index is 386. The van der Waals surface area contributed by atoms with Gasteiger partial charge in [-0.3, -0.25) is 0 Å². The fourth-order valence-electron chi connectivity index (χ4n) is 3.06. The van der Waals surface area contributed by atoms with Crippen molar-refractivity contribution in [2.45, 2.75) is 24.7 Å². The van der Waals surface area contributed by atoms with Gasteiger partial charge < -0.3 is 15.4 Å². The lowest BCUT2D eigenvalue weighted by Crippen LogP contribution is -2.41. The molecule has 18 heavy (non-hydrogen) atoms. The van der Waals surface area contributed by atoms with Gasteiger partial charge in [-0.2, -0.15) is 0 Å². The first-order valence-electron chi connectivity index (χ1n) is 6.97. The van der Waals surface area contributed by atoms with Gasteiger partial charge >= 0.3 is 0 Å². The van der Waals surface area contributed by atoms with Gasteiger partial charge in [0, 0.05) is 30.7 Å². The van der Waals surface area contributed by atoms with Crippen molar-refractivity contribution >= 4 is 5.69 Å². The molecular formula is C15H22N2O. The average Bonchev–Trinajstić information content (AvgIpc) is 2.40. The third-order valence-corrected chi connectivity index (χ3v) is 4.56. The Morgan fingerprint density at radius 2 is 1.78 bits per heavy atom. The van der Waals surface area contributed by atoms with Crippen molar-refractivity contribution in [3.05, 3.63) is 29.8 Å². The van der Waals surface area contributed by atoms with Gasteiger partial charge in [-0.1, -0.05) is 18.6 Å². The number of hydrogen-bond donors (Lipinski definition) is 1. The van der Waals surface area contributed by atoms with Crippen molar-refractivity contribution in [1.29, 1.82) is 0 Å². The molecule has 1 saturated carbocycles. The summed E-state index contributed by atoms with van der Waals surface area (Å²) < 4.78 is 5.38. The zero-order valence-electron chi connectivity index (χ0n) is 10.9. The second-order valence-corrected chi connectivity index (χ2v) is 5.48. The minimum absolute atomic E-state index is 0.281. The van der Waals surface area contributed by atoms with Crippen LogP contribution in [0.1, 0.15) is 24.8 Å². The monoisotopic (exact) mass is 246 g/mol. The van der Waals surface area contributed by atoms with Gasteiger partial charge in [-0.05, 0) is 30.5 Å². The summed E-state index contributed by atoms with van der Waals surface area (Å²) in [7, 11) is 0. The molecule has 0 aromatic heterocycles. The van der Waals surface area contributed by atoms with E-state index in [4.69, 9.17) is 10.5 Å². The first-order valence-corrected chi connectivity index (χ1v) is 6.97. The van der Waals surface area contributed by atoms with E-state index >= 15 is 0 Å². The fourth-order valence-corrected chi connectivity index (χ4v) is 3.06. The van der Waals surface area contributed by atoms with Crippen LogP contribution in [0.15, 0.2) is 24.3 Å². The highest BCUT2D eigenvalue weighted by molar-refractivity contribution is 5.49. The normalized spacial score (nSPS) is 22.6. The molecule has 0 bridgehead atoms. The first-order chi connectivity index (χ1) is 8.84. The van der Waals surface area contributed by atoms with Gasteiger partial charge in [0.1, 0.15) is 0 Å². The fraction of sp³-hybridized carbons (Fsp3) is 0.600. The minimum Gasteiger partial charge on any atom is -0.378 e. The van der Waals surface area contributed by atoms with Crippen LogP contribution in [0.2, 0.25) is 0 Å². The number of nitrogens with zero attached hydrogens (tertiary/aromatic N) is 1. The summed E-state index contributed by atoms with van der Waals surface area (Å²) in [6.45, 7) is 4.47. The number of nitrogens with two attached hydrogens (primary N) is 1. The first kappa shape index (κ1) is 12.0. The SMILES string of the molecule is NCC1(c2ccc(N3CCOCC3)cc2)CCC1. The Hall–Kier alpha value is -1.06. The molecule has 3 heteroatoms. The Balaban J connectivity index is 1.76. The van der Waals surface area contributed by atoms with Gasteiger partial charge in [-0.15, -0.1) is 0 Å². The van der Waals surface area contributed by atoms with E-state index in [1.54, 1.807) is 0 Å². The smallest absolute Gasteiger partial charge is 0.0642 e. The van der Waals surface area contributed by atoms with Crippen LogP contribution in [0, 0.1) is 0 Å². The molecule has 1 aromatic rings. The molecule has 2 fully saturated rings. The highest BCUT2D eigenvalue weighted by atomic mass is 16.5. The third kappa shape index (κ3) is 2.02. The molecule has 1 saturated heterocycles. The van der Waals surface area contributed by atoms with E-state index in [2.05, 4.69) is 29.2 Å². The second kappa shape index (κ2) is 4.90. The summed E-state index contributed by atoms with van der Waals surface area (Å²) in [6, 6.07) is 9.04. The number of rotatable bonds is 3. The number of anilines is 1. The topological polar surface area (TPSA) is 38.5 Å². The molecule has 0 radical (unpaired) electrons. The summed E-state index contributed by atoms with van der Waals surface area (Å²) in [5.41, 5.74) is 8.97. The maximum Gasteiger partial charge on any atom is 0.0642 e. The summed E-state index contributed by atoms with van der Waals surface area (Å²) in [6.07, 6.45) is 3.82. The molecular weight excluding hydrogens is 224 g/mol. The summed E-state index contributed by atoms with van der Waals surface area (Å²) >= 11 is 0. The van der Waals surface area contributed by atoms with E-state index < -0.39 is 0 Å². The lowest BCUT2D eigenvalue weighted by molar-refractivity contribution is 0.122. The molecule has 98 valence electrons. The van der Waals surface area contributed by atoms with Gasteiger partial charge in [0.25, 0.3) is 0 Å². The Labute approximate surface area is 109 Å². The Morgan fingerprint density at radius 3 is 2.28 bits per heavy atom. The molecule has 1 heterocycles. The van der Waals surface area contributed by atoms with Crippen LogP contribution >= 0.6 is 0 Å². The van der Waals surface area contributed by atoms with Gasteiger partial charge in [-0.25, -0.2) is 0 Å². The Morgan fingerprint density at radius 1 is 1.11 bits per heavy atom. The molecule has 1 aromatic carbocycles. The lowest BCUT2D eigenvalue weighted by Gasteiger charge is -2.41.